The lowest BCUT2D eigenvalue weighted by molar-refractivity contribution is 0.280. The Kier molecular flexibility index (Phi) is 6.25. The zero-order chi connectivity index (χ0) is 24.4. The molecule has 0 amide bonds. The molecule has 0 aliphatic carbocycles. The molecule has 0 aliphatic rings. The standard InChI is InChI=1S/C25H21N3O5S2/c1-35(30,31)20-9-7-18(8-10-20)33-19-11-17-12-21(25-28-27-23(14-29)34-25)26-24(17)22(13-19)32-15-16-5-3-2-4-6-16/h2-13,26,29H,14-15H2,1H3. The van der Waals surface area contributed by atoms with Crippen molar-refractivity contribution < 1.29 is 23.0 Å². The molecule has 5 aromatic rings. The average molecular weight is 508 g/mol. The SMILES string of the molecule is CS(=O)(=O)c1ccc(Oc2cc(OCc3ccccc3)c3[nH]c(-c4nnc(CO)s4)cc3c2)cc1. The van der Waals surface area contributed by atoms with Crippen LogP contribution < -0.4 is 9.47 Å². The number of rotatable bonds is 8. The van der Waals surface area contributed by atoms with Gasteiger partial charge in [-0.3, -0.25) is 0 Å². The number of hydrogen-bond acceptors (Lipinski definition) is 8. The number of aliphatic hydroxyl groups is 1. The summed E-state index contributed by atoms with van der Waals surface area (Å²) < 4.78 is 35.7. The highest BCUT2D eigenvalue weighted by molar-refractivity contribution is 7.90. The lowest BCUT2D eigenvalue weighted by atomic mass is 10.2. The zero-order valence-electron chi connectivity index (χ0n) is 18.6. The van der Waals surface area contributed by atoms with Crippen LogP contribution in [0.5, 0.6) is 17.2 Å². The smallest absolute Gasteiger partial charge is 0.175 e. The van der Waals surface area contributed by atoms with Gasteiger partial charge in [-0.05, 0) is 42.0 Å². The van der Waals surface area contributed by atoms with Gasteiger partial charge < -0.3 is 19.6 Å². The molecule has 8 nitrogen and oxygen atoms in total. The zero-order valence-corrected chi connectivity index (χ0v) is 20.3. The molecule has 3 aromatic carbocycles. The maximum Gasteiger partial charge on any atom is 0.175 e. The van der Waals surface area contributed by atoms with Crippen molar-refractivity contribution in [1.29, 1.82) is 0 Å². The molecule has 0 unspecified atom stereocenters. The molecule has 0 atom stereocenters. The van der Waals surface area contributed by atoms with Gasteiger partial charge in [0.15, 0.2) is 14.8 Å². The van der Waals surface area contributed by atoms with E-state index in [1.807, 2.05) is 42.5 Å². The van der Waals surface area contributed by atoms with Crippen LogP contribution in [0.2, 0.25) is 0 Å². The second kappa shape index (κ2) is 9.49. The molecular weight excluding hydrogens is 486 g/mol. The van der Waals surface area contributed by atoms with Crippen molar-refractivity contribution >= 4 is 32.1 Å². The van der Waals surface area contributed by atoms with Crippen LogP contribution in [-0.4, -0.2) is 35.0 Å². The first-order valence-electron chi connectivity index (χ1n) is 10.6. The molecule has 0 fully saturated rings. The largest absolute Gasteiger partial charge is 0.487 e. The van der Waals surface area contributed by atoms with Crippen molar-refractivity contribution in [2.45, 2.75) is 18.1 Å². The number of nitrogens with zero attached hydrogens (tertiary/aromatic N) is 2. The molecule has 0 bridgehead atoms. The Morgan fingerprint density at radius 3 is 2.43 bits per heavy atom. The Bertz CT molecular complexity index is 1580. The van der Waals surface area contributed by atoms with Crippen molar-refractivity contribution in [3.63, 3.8) is 0 Å². The van der Waals surface area contributed by atoms with Crippen LogP contribution >= 0.6 is 11.3 Å². The minimum absolute atomic E-state index is 0.167. The van der Waals surface area contributed by atoms with E-state index in [0.29, 0.717) is 33.9 Å². The van der Waals surface area contributed by atoms with Crippen LogP contribution in [0.15, 0.2) is 77.7 Å². The summed E-state index contributed by atoms with van der Waals surface area (Å²) in [7, 11) is -3.29. The second-order valence-electron chi connectivity index (χ2n) is 7.85. The van der Waals surface area contributed by atoms with Crippen LogP contribution in [0.25, 0.3) is 21.6 Å². The minimum Gasteiger partial charge on any atom is -0.487 e. The van der Waals surface area contributed by atoms with Gasteiger partial charge >= 0.3 is 0 Å². The van der Waals surface area contributed by atoms with Crippen molar-refractivity contribution in [3.8, 4) is 28.0 Å². The van der Waals surface area contributed by atoms with Gasteiger partial charge in [0, 0.05) is 17.7 Å². The number of sulfone groups is 1. The fourth-order valence-electron chi connectivity index (χ4n) is 3.53. The van der Waals surface area contributed by atoms with Gasteiger partial charge in [0.1, 0.15) is 28.9 Å². The molecule has 35 heavy (non-hydrogen) atoms. The first kappa shape index (κ1) is 23.0. The Labute approximate surface area is 205 Å². The molecule has 178 valence electrons. The van der Waals surface area contributed by atoms with Gasteiger partial charge in [-0.15, -0.1) is 10.2 Å². The molecule has 0 aliphatic heterocycles. The quantitative estimate of drug-likeness (QED) is 0.305. The molecule has 2 N–H and O–H groups in total. The third kappa shape index (κ3) is 5.19. The number of aromatic nitrogens is 3. The van der Waals surface area contributed by atoms with Crippen molar-refractivity contribution in [2.24, 2.45) is 0 Å². The van der Waals surface area contributed by atoms with E-state index in [0.717, 1.165) is 28.4 Å². The van der Waals surface area contributed by atoms with Crippen LogP contribution in [0.1, 0.15) is 10.6 Å². The summed E-state index contributed by atoms with van der Waals surface area (Å²) in [6.45, 7) is 0.198. The summed E-state index contributed by atoms with van der Waals surface area (Å²) in [5.74, 6) is 1.62. The highest BCUT2D eigenvalue weighted by Gasteiger charge is 2.15. The molecule has 5 rings (SSSR count). The third-order valence-corrected chi connectivity index (χ3v) is 7.29. The van der Waals surface area contributed by atoms with Gasteiger partial charge in [-0.1, -0.05) is 41.7 Å². The number of H-pyrrole nitrogens is 1. The molecule has 2 aromatic heterocycles. The lowest BCUT2D eigenvalue weighted by Gasteiger charge is -2.11. The maximum atomic E-state index is 11.7. The maximum absolute atomic E-state index is 11.7. The Morgan fingerprint density at radius 2 is 1.74 bits per heavy atom. The monoisotopic (exact) mass is 507 g/mol. The number of aromatic amines is 1. The van der Waals surface area contributed by atoms with E-state index in [9.17, 15) is 13.5 Å². The van der Waals surface area contributed by atoms with Gasteiger partial charge in [0.2, 0.25) is 0 Å². The van der Waals surface area contributed by atoms with Crippen molar-refractivity contribution in [2.75, 3.05) is 6.26 Å². The van der Waals surface area contributed by atoms with Crippen LogP contribution in [0, 0.1) is 0 Å². The second-order valence-corrected chi connectivity index (χ2v) is 10.9. The predicted molar refractivity (Wildman–Crippen MR) is 134 cm³/mol. The fraction of sp³-hybridized carbons (Fsp3) is 0.120. The fourth-order valence-corrected chi connectivity index (χ4v) is 4.83. The topological polar surface area (TPSA) is 114 Å². The highest BCUT2D eigenvalue weighted by atomic mass is 32.2. The van der Waals surface area contributed by atoms with E-state index in [2.05, 4.69) is 15.2 Å². The Hall–Kier alpha value is -3.73. The van der Waals surface area contributed by atoms with Crippen LogP contribution in [0.3, 0.4) is 0 Å². The molecule has 0 spiro atoms. The summed E-state index contributed by atoms with van der Waals surface area (Å²) in [6.07, 6.45) is 1.16. The van der Waals surface area contributed by atoms with Crippen LogP contribution in [0.4, 0.5) is 0 Å². The molecule has 2 heterocycles. The van der Waals surface area contributed by atoms with E-state index in [4.69, 9.17) is 9.47 Å². The first-order chi connectivity index (χ1) is 16.9. The summed E-state index contributed by atoms with van der Waals surface area (Å²) in [5.41, 5.74) is 2.54. The first-order valence-corrected chi connectivity index (χ1v) is 13.3. The highest BCUT2D eigenvalue weighted by Crippen LogP contribution is 2.37. The number of aliphatic hydroxyl groups excluding tert-OH is 1. The third-order valence-electron chi connectivity index (χ3n) is 5.22. The number of nitrogens with one attached hydrogen (secondary N) is 1. The Balaban J connectivity index is 1.50. The number of fused-ring (bicyclic) bond motifs is 1. The molecular formula is C25H21N3O5S2. The van der Waals surface area contributed by atoms with E-state index in [1.54, 1.807) is 18.2 Å². The van der Waals surface area contributed by atoms with Crippen molar-refractivity contribution in [3.05, 3.63) is 83.4 Å². The summed E-state index contributed by atoms with van der Waals surface area (Å²) in [4.78, 5) is 3.57. The minimum atomic E-state index is -3.29. The van der Waals surface area contributed by atoms with Gasteiger partial charge in [0.25, 0.3) is 0 Å². The molecule has 0 saturated carbocycles. The Morgan fingerprint density at radius 1 is 0.971 bits per heavy atom. The predicted octanol–water partition coefficient (Wildman–Crippen LogP) is 4.95. The summed E-state index contributed by atoms with van der Waals surface area (Å²) in [6, 6.07) is 21.7. The van der Waals surface area contributed by atoms with Crippen LogP contribution in [-0.2, 0) is 23.1 Å². The number of hydrogen-bond donors (Lipinski definition) is 2. The lowest BCUT2D eigenvalue weighted by Crippen LogP contribution is -1.97. The van der Waals surface area contributed by atoms with E-state index in [1.165, 1.54) is 23.5 Å². The molecule has 10 heteroatoms. The van der Waals surface area contributed by atoms with E-state index in [-0.39, 0.29) is 11.5 Å². The van der Waals surface area contributed by atoms with E-state index < -0.39 is 9.84 Å². The number of ether oxygens (including phenoxy) is 2. The van der Waals surface area contributed by atoms with Crippen molar-refractivity contribution in [1.82, 2.24) is 15.2 Å². The number of benzene rings is 3. The van der Waals surface area contributed by atoms with Gasteiger partial charge in [0.05, 0.1) is 22.7 Å². The molecule has 0 radical (unpaired) electrons. The van der Waals surface area contributed by atoms with Gasteiger partial charge in [-0.2, -0.15) is 0 Å². The molecule has 0 saturated heterocycles. The van der Waals surface area contributed by atoms with E-state index >= 15 is 0 Å². The van der Waals surface area contributed by atoms with Gasteiger partial charge in [-0.25, -0.2) is 8.42 Å². The summed E-state index contributed by atoms with van der Waals surface area (Å²) >= 11 is 1.30. The normalized spacial score (nSPS) is 11.6. The summed E-state index contributed by atoms with van der Waals surface area (Å²) in [5, 5.41) is 19.5. The average Bonchev–Trinajstić information content (AvgIpc) is 3.50.